The van der Waals surface area contributed by atoms with Gasteiger partial charge in [0.2, 0.25) is 0 Å². The fourth-order valence-electron chi connectivity index (χ4n) is 5.18. The predicted octanol–water partition coefficient (Wildman–Crippen LogP) is 5.71. The number of nitrogens with zero attached hydrogens (tertiary/aromatic N) is 5. The Hall–Kier alpha value is -4.33. The number of ether oxygens (including phenoxy) is 2. The summed E-state index contributed by atoms with van der Waals surface area (Å²) >= 11 is 8.64. The zero-order chi connectivity index (χ0) is 33.1. The smallest absolute Gasteiger partial charge is 0.338 e. The van der Waals surface area contributed by atoms with Crippen molar-refractivity contribution < 1.29 is 19.2 Å². The third-order valence-corrected chi connectivity index (χ3v) is 9.17. The van der Waals surface area contributed by atoms with Crippen LogP contribution in [0.5, 0.6) is 5.75 Å². The summed E-state index contributed by atoms with van der Waals surface area (Å²) in [6.07, 6.45) is 2.74. The summed E-state index contributed by atoms with van der Waals surface area (Å²) in [5, 5.41) is 12.9. The van der Waals surface area contributed by atoms with Crippen molar-refractivity contribution in [3.8, 4) is 5.75 Å². The van der Waals surface area contributed by atoms with Crippen molar-refractivity contribution in [1.82, 2.24) is 14.5 Å². The number of nitro groups is 1. The molecule has 1 aliphatic rings. The lowest BCUT2D eigenvalue weighted by atomic mass is 9.93. The number of benzene rings is 2. The number of aryl methyl sites for hydroxylation is 2. The molecule has 5 rings (SSSR count). The Labute approximate surface area is 277 Å². The van der Waals surface area contributed by atoms with Gasteiger partial charge < -0.3 is 9.47 Å². The molecule has 238 valence electrons. The Morgan fingerprint density at radius 1 is 1.15 bits per heavy atom. The maximum absolute atomic E-state index is 14.1. The number of halogens is 1. The molecule has 0 saturated heterocycles. The number of hydrogen-bond donors (Lipinski definition) is 0. The summed E-state index contributed by atoms with van der Waals surface area (Å²) in [6.45, 7) is 7.48. The lowest BCUT2D eigenvalue weighted by Crippen LogP contribution is -2.40. The van der Waals surface area contributed by atoms with Crippen LogP contribution in [0, 0.1) is 24.0 Å². The summed E-state index contributed by atoms with van der Waals surface area (Å²) < 4.78 is 12.8. The number of rotatable bonds is 10. The molecule has 0 N–H and O–H groups in total. The van der Waals surface area contributed by atoms with E-state index in [0.717, 1.165) is 34.5 Å². The summed E-state index contributed by atoms with van der Waals surface area (Å²) in [7, 11) is 1.50. The molecule has 0 saturated carbocycles. The zero-order valence-electron chi connectivity index (χ0n) is 25.7. The highest BCUT2D eigenvalue weighted by atomic mass is 35.5. The number of thiazole rings is 1. The van der Waals surface area contributed by atoms with E-state index in [1.807, 2.05) is 26.8 Å². The van der Waals surface area contributed by atoms with Gasteiger partial charge in [0, 0.05) is 28.0 Å². The van der Waals surface area contributed by atoms with Crippen LogP contribution in [-0.2, 0) is 9.53 Å². The molecule has 1 atom stereocenters. The van der Waals surface area contributed by atoms with E-state index < -0.39 is 22.5 Å². The van der Waals surface area contributed by atoms with Crippen LogP contribution >= 0.6 is 34.7 Å². The van der Waals surface area contributed by atoms with Gasteiger partial charge in [-0.05, 0) is 80.9 Å². The topological polar surface area (TPSA) is 139 Å². The monoisotopic (exact) mass is 679 g/mol. The van der Waals surface area contributed by atoms with E-state index in [2.05, 4.69) is 9.97 Å². The molecule has 2 aromatic carbocycles. The molecule has 0 bridgehead atoms. The van der Waals surface area contributed by atoms with Gasteiger partial charge in [0.1, 0.15) is 11.8 Å². The minimum Gasteiger partial charge on any atom is -0.496 e. The van der Waals surface area contributed by atoms with Crippen molar-refractivity contribution in [2.24, 2.45) is 4.99 Å². The van der Waals surface area contributed by atoms with Crippen LogP contribution in [0.2, 0.25) is 5.02 Å². The van der Waals surface area contributed by atoms with Crippen molar-refractivity contribution in [1.29, 1.82) is 0 Å². The van der Waals surface area contributed by atoms with Crippen LogP contribution in [0.3, 0.4) is 0 Å². The first-order chi connectivity index (χ1) is 22.0. The highest BCUT2D eigenvalue weighted by Crippen LogP contribution is 2.38. The van der Waals surface area contributed by atoms with E-state index in [1.165, 1.54) is 17.7 Å². The van der Waals surface area contributed by atoms with Crippen molar-refractivity contribution in [3.05, 3.63) is 111 Å². The summed E-state index contributed by atoms with van der Waals surface area (Å²) in [6, 6.07) is 10.6. The Morgan fingerprint density at radius 3 is 2.54 bits per heavy atom. The van der Waals surface area contributed by atoms with Crippen LogP contribution in [0.25, 0.3) is 6.08 Å². The molecule has 0 aliphatic carbocycles. The van der Waals surface area contributed by atoms with Gasteiger partial charge >= 0.3 is 5.97 Å². The molecule has 11 nitrogen and oxygen atoms in total. The second-order valence-corrected chi connectivity index (χ2v) is 12.8. The Kier molecular flexibility index (Phi) is 10.0. The van der Waals surface area contributed by atoms with Gasteiger partial charge in [-0.2, -0.15) is 0 Å². The van der Waals surface area contributed by atoms with Crippen molar-refractivity contribution in [2.75, 3.05) is 13.7 Å². The molecule has 46 heavy (non-hydrogen) atoms. The van der Waals surface area contributed by atoms with Gasteiger partial charge in [-0.25, -0.2) is 19.8 Å². The van der Waals surface area contributed by atoms with E-state index in [1.54, 1.807) is 43.3 Å². The van der Waals surface area contributed by atoms with Crippen molar-refractivity contribution >= 4 is 52.4 Å². The molecule has 0 spiro atoms. The van der Waals surface area contributed by atoms with Crippen molar-refractivity contribution in [3.63, 3.8) is 0 Å². The molecule has 1 aliphatic heterocycles. The van der Waals surface area contributed by atoms with Crippen LogP contribution in [0.4, 0.5) is 5.69 Å². The molecule has 14 heteroatoms. The average Bonchev–Trinajstić information content (AvgIpc) is 3.30. The van der Waals surface area contributed by atoms with Gasteiger partial charge in [0.25, 0.3) is 11.2 Å². The summed E-state index contributed by atoms with van der Waals surface area (Å²) in [5.41, 5.74) is 2.61. The predicted molar refractivity (Wildman–Crippen MR) is 176 cm³/mol. The quantitative estimate of drug-likeness (QED) is 0.0893. The van der Waals surface area contributed by atoms with Gasteiger partial charge in [-0.3, -0.25) is 19.5 Å². The number of allylic oxidation sites excluding steroid dienone is 1. The van der Waals surface area contributed by atoms with E-state index in [4.69, 9.17) is 26.1 Å². The second-order valence-electron chi connectivity index (χ2n) is 10.3. The maximum atomic E-state index is 14.1. The number of fused-ring (bicyclic) bond motifs is 1. The number of nitro benzene ring substituents is 1. The largest absolute Gasteiger partial charge is 0.496 e. The fourth-order valence-corrected chi connectivity index (χ4v) is 7.33. The SMILES string of the molecule is CCCC1=C(C(=O)OCC)[C@H](c2cc(Cl)ccc2OC)n2c(s/c(=C\c3ccc(Sc4nc(C)cc(C)n4)c([N+](=O)[O-])c3)c2=O)=N1. The third kappa shape index (κ3) is 6.76. The lowest BCUT2D eigenvalue weighted by molar-refractivity contribution is -0.387. The van der Waals surface area contributed by atoms with E-state index in [0.29, 0.717) is 55.3 Å². The lowest BCUT2D eigenvalue weighted by Gasteiger charge is -2.27. The number of hydrogen-bond acceptors (Lipinski definition) is 11. The van der Waals surface area contributed by atoms with E-state index in [-0.39, 0.29) is 22.4 Å². The number of carbonyl (C=O) groups is 1. The first-order valence-electron chi connectivity index (χ1n) is 14.4. The molecule has 4 aromatic rings. The van der Waals surface area contributed by atoms with E-state index in [9.17, 15) is 19.7 Å². The van der Waals surface area contributed by atoms with Gasteiger partial charge in [0.15, 0.2) is 9.96 Å². The number of methoxy groups -OCH3 is 1. The standard InChI is InChI=1S/C32H30ClN5O6S2/c1-6-8-22-27(30(40)44-7-2)28(21-16-20(33)10-11-24(21)43-5)37-29(39)26(46-32(37)36-22)15-19-9-12-25(23(14-19)38(41)42)45-31-34-17(3)13-18(4)35-31/h9-16,28H,6-8H2,1-5H3/b26-15-/t28-/m0/s1. The third-order valence-electron chi connectivity index (χ3n) is 7.02. The Balaban J connectivity index is 1.69. The first-order valence-corrected chi connectivity index (χ1v) is 16.4. The number of carbonyl (C=O) groups excluding carboxylic acids is 1. The zero-order valence-corrected chi connectivity index (χ0v) is 28.1. The maximum Gasteiger partial charge on any atom is 0.338 e. The summed E-state index contributed by atoms with van der Waals surface area (Å²) in [4.78, 5) is 53.5. The Morgan fingerprint density at radius 2 is 1.89 bits per heavy atom. The molecule has 3 heterocycles. The Bertz CT molecular complexity index is 2050. The molecular formula is C32H30ClN5O6S2. The van der Waals surface area contributed by atoms with Crippen LogP contribution in [-0.4, -0.2) is 39.1 Å². The summed E-state index contributed by atoms with van der Waals surface area (Å²) in [5.74, 6) is -0.160. The highest BCUT2D eigenvalue weighted by molar-refractivity contribution is 7.99. The van der Waals surface area contributed by atoms with Gasteiger partial charge in [-0.15, -0.1) is 0 Å². The number of aromatic nitrogens is 3. The second kappa shape index (κ2) is 14.0. The molecular weight excluding hydrogens is 650 g/mol. The normalized spacial score (nSPS) is 14.6. The minimum atomic E-state index is -0.932. The van der Waals surface area contributed by atoms with Gasteiger partial charge in [0.05, 0.1) is 39.3 Å². The van der Waals surface area contributed by atoms with Gasteiger partial charge in [-0.1, -0.05) is 42.3 Å². The first kappa shape index (κ1) is 33.0. The average molecular weight is 680 g/mol. The van der Waals surface area contributed by atoms with E-state index >= 15 is 0 Å². The molecule has 0 unspecified atom stereocenters. The van der Waals surface area contributed by atoms with Crippen molar-refractivity contribution in [2.45, 2.75) is 56.6 Å². The van der Waals surface area contributed by atoms with Crippen LogP contribution < -0.4 is 19.6 Å². The molecule has 0 amide bonds. The molecule has 0 fully saturated rings. The molecule has 2 aromatic heterocycles. The fraction of sp³-hybridized carbons (Fsp3) is 0.281. The number of esters is 1. The minimum absolute atomic E-state index is 0.133. The van der Waals surface area contributed by atoms with Crippen LogP contribution in [0.1, 0.15) is 55.2 Å². The molecule has 0 radical (unpaired) electrons. The highest BCUT2D eigenvalue weighted by Gasteiger charge is 2.36. The van der Waals surface area contributed by atoms with Crippen LogP contribution in [0.15, 0.2) is 73.6 Å².